The Morgan fingerprint density at radius 3 is 2.64 bits per heavy atom. The van der Waals surface area contributed by atoms with Gasteiger partial charge in [0.25, 0.3) is 5.91 Å². The highest BCUT2D eigenvalue weighted by Crippen LogP contribution is 2.23. The topological polar surface area (TPSA) is 77.2 Å². The first-order valence-electron chi connectivity index (χ1n) is 6.51. The number of nitrogens with one attached hydrogen (secondary N) is 1. The van der Waals surface area contributed by atoms with E-state index in [1.54, 1.807) is 6.92 Å². The number of nitrogens with two attached hydrogens (primary N) is 1. The Bertz CT molecular complexity index is 481. The number of pyridine rings is 1. The van der Waals surface area contributed by atoms with Crippen LogP contribution in [0.1, 0.15) is 23.7 Å². The van der Waals surface area contributed by atoms with Crippen LogP contribution >= 0.6 is 0 Å². The highest BCUT2D eigenvalue weighted by atomic mass is 19.3. The van der Waals surface area contributed by atoms with Crippen molar-refractivity contribution >= 4 is 5.91 Å². The van der Waals surface area contributed by atoms with E-state index in [1.807, 2.05) is 0 Å². The monoisotopic (exact) mass is 323 g/mol. The number of alkyl halides is 4. The molecule has 0 aliphatic heterocycles. The van der Waals surface area contributed by atoms with E-state index in [0.717, 1.165) is 12.3 Å². The number of hydrogen-bond acceptors (Lipinski definition) is 4. The lowest BCUT2D eigenvalue weighted by molar-refractivity contribution is -0.148. The van der Waals surface area contributed by atoms with Crippen LogP contribution in [-0.2, 0) is 0 Å². The second-order valence-corrected chi connectivity index (χ2v) is 4.76. The molecule has 1 aromatic heterocycles. The molecule has 124 valence electrons. The predicted molar refractivity (Wildman–Crippen MR) is 71.3 cm³/mol. The largest absolute Gasteiger partial charge is 0.471 e. The van der Waals surface area contributed by atoms with E-state index >= 15 is 0 Å². The van der Waals surface area contributed by atoms with Crippen LogP contribution in [0.15, 0.2) is 18.3 Å². The second-order valence-electron chi connectivity index (χ2n) is 4.76. The van der Waals surface area contributed by atoms with Crippen molar-refractivity contribution in [2.45, 2.75) is 31.7 Å². The van der Waals surface area contributed by atoms with Gasteiger partial charge >= 0.3 is 12.3 Å². The molecule has 5 nitrogen and oxygen atoms in total. The Morgan fingerprint density at radius 2 is 2.14 bits per heavy atom. The maximum atomic E-state index is 12.7. The summed E-state index contributed by atoms with van der Waals surface area (Å²) in [5.74, 6) is -4.93. The third-order valence-electron chi connectivity index (χ3n) is 2.62. The Hall–Kier alpha value is -1.90. The van der Waals surface area contributed by atoms with E-state index in [9.17, 15) is 22.4 Å². The van der Waals surface area contributed by atoms with Crippen LogP contribution in [0.5, 0.6) is 5.88 Å². The number of aromatic nitrogens is 1. The first-order chi connectivity index (χ1) is 10.2. The maximum Gasteiger partial charge on any atom is 0.340 e. The van der Waals surface area contributed by atoms with Gasteiger partial charge in [0.15, 0.2) is 6.61 Å². The number of carbonyl (C=O) groups is 1. The fraction of sp³-hybridized carbons (Fsp3) is 0.538. The molecule has 0 saturated carbocycles. The van der Waals surface area contributed by atoms with E-state index in [4.69, 9.17) is 5.73 Å². The molecule has 0 radical (unpaired) electrons. The molecule has 0 spiro atoms. The van der Waals surface area contributed by atoms with Crippen LogP contribution in [0.4, 0.5) is 17.6 Å². The summed E-state index contributed by atoms with van der Waals surface area (Å²) in [4.78, 5) is 15.3. The Kier molecular flexibility index (Phi) is 6.54. The highest BCUT2D eigenvalue weighted by molar-refractivity contribution is 5.93. The van der Waals surface area contributed by atoms with Gasteiger partial charge in [0.2, 0.25) is 5.88 Å². The molecular formula is C13H17F4N3O2. The quantitative estimate of drug-likeness (QED) is 0.716. The van der Waals surface area contributed by atoms with Gasteiger partial charge in [0.05, 0.1) is 5.56 Å². The van der Waals surface area contributed by atoms with Gasteiger partial charge in [-0.3, -0.25) is 4.79 Å². The number of nitrogens with zero attached hydrogens (tertiary/aromatic N) is 1. The average Bonchev–Trinajstić information content (AvgIpc) is 2.45. The van der Waals surface area contributed by atoms with Crippen molar-refractivity contribution in [3.05, 3.63) is 23.9 Å². The van der Waals surface area contributed by atoms with Gasteiger partial charge in [-0.05, 0) is 19.4 Å². The van der Waals surface area contributed by atoms with Gasteiger partial charge in [0.1, 0.15) is 0 Å². The van der Waals surface area contributed by atoms with Crippen LogP contribution < -0.4 is 15.8 Å². The van der Waals surface area contributed by atoms with Gasteiger partial charge in [0, 0.05) is 24.8 Å². The minimum absolute atomic E-state index is 0.0503. The van der Waals surface area contributed by atoms with Crippen molar-refractivity contribution in [3.63, 3.8) is 0 Å². The van der Waals surface area contributed by atoms with E-state index in [0.29, 0.717) is 13.0 Å². The molecule has 1 heterocycles. The highest BCUT2D eigenvalue weighted by Gasteiger charge is 2.41. The number of amides is 1. The molecule has 0 aromatic carbocycles. The fourth-order valence-corrected chi connectivity index (χ4v) is 1.35. The minimum Gasteiger partial charge on any atom is -0.471 e. The molecule has 1 atom stereocenters. The molecule has 9 heteroatoms. The third kappa shape index (κ3) is 5.84. The van der Waals surface area contributed by atoms with Gasteiger partial charge in [-0.2, -0.15) is 8.78 Å². The fourth-order valence-electron chi connectivity index (χ4n) is 1.35. The minimum atomic E-state index is -4.25. The van der Waals surface area contributed by atoms with Crippen molar-refractivity contribution in [1.29, 1.82) is 0 Å². The van der Waals surface area contributed by atoms with Crippen molar-refractivity contribution in [2.24, 2.45) is 5.73 Å². The van der Waals surface area contributed by atoms with E-state index in [1.165, 1.54) is 6.07 Å². The van der Waals surface area contributed by atoms with Gasteiger partial charge < -0.3 is 15.8 Å². The molecule has 1 aromatic rings. The summed E-state index contributed by atoms with van der Waals surface area (Å²) in [6.07, 6.45) is -2.11. The normalized spacial score (nSPS) is 13.0. The van der Waals surface area contributed by atoms with Crippen molar-refractivity contribution < 1.29 is 27.1 Å². The number of halogens is 4. The lowest BCUT2D eigenvalue weighted by atomic mass is 10.2. The molecule has 1 amide bonds. The van der Waals surface area contributed by atoms with E-state index in [-0.39, 0.29) is 17.5 Å². The molecule has 0 bridgehead atoms. The molecule has 3 N–H and O–H groups in total. The smallest absolute Gasteiger partial charge is 0.340 e. The standard InChI is InChI=1S/C13H17F4N3O2/c1-8(18)4-5-19-11(21)9-2-3-10(20-6-9)22-7-13(16,17)12(14)15/h2-3,6,8,12H,4-5,7,18H2,1H3,(H,19,21). The zero-order chi connectivity index (χ0) is 16.8. The van der Waals surface area contributed by atoms with Gasteiger partial charge in [-0.25, -0.2) is 13.8 Å². The Labute approximate surface area is 124 Å². The second kappa shape index (κ2) is 7.92. The zero-order valence-electron chi connectivity index (χ0n) is 11.9. The molecule has 0 aliphatic rings. The van der Waals surface area contributed by atoms with Crippen LogP contribution in [-0.4, -0.2) is 42.4 Å². The van der Waals surface area contributed by atoms with Gasteiger partial charge in [-0.15, -0.1) is 0 Å². The summed E-state index contributed by atoms with van der Waals surface area (Å²) in [7, 11) is 0. The molecule has 22 heavy (non-hydrogen) atoms. The summed E-state index contributed by atoms with van der Waals surface area (Å²) < 4.78 is 53.7. The van der Waals surface area contributed by atoms with E-state index < -0.39 is 24.9 Å². The van der Waals surface area contributed by atoms with Crippen molar-refractivity contribution in [2.75, 3.05) is 13.2 Å². The summed E-state index contributed by atoms with van der Waals surface area (Å²) in [5, 5.41) is 2.60. The molecule has 0 saturated heterocycles. The first kappa shape index (κ1) is 18.1. The molecule has 1 rings (SSSR count). The number of hydrogen-bond donors (Lipinski definition) is 2. The lowest BCUT2D eigenvalue weighted by Crippen LogP contribution is -2.34. The van der Waals surface area contributed by atoms with Crippen LogP contribution in [0.2, 0.25) is 0 Å². The summed E-state index contributed by atoms with van der Waals surface area (Å²) in [5.41, 5.74) is 5.72. The molecule has 0 aliphatic carbocycles. The van der Waals surface area contributed by atoms with E-state index in [2.05, 4.69) is 15.0 Å². The van der Waals surface area contributed by atoms with Crippen LogP contribution in [0.3, 0.4) is 0 Å². The lowest BCUT2D eigenvalue weighted by Gasteiger charge is -2.15. The molecular weight excluding hydrogens is 306 g/mol. The predicted octanol–water partition coefficient (Wildman–Crippen LogP) is 1.83. The van der Waals surface area contributed by atoms with Crippen molar-refractivity contribution in [3.8, 4) is 5.88 Å². The number of ether oxygens (including phenoxy) is 1. The van der Waals surface area contributed by atoms with Crippen LogP contribution in [0, 0.1) is 0 Å². The Morgan fingerprint density at radius 1 is 1.45 bits per heavy atom. The zero-order valence-corrected chi connectivity index (χ0v) is 11.9. The van der Waals surface area contributed by atoms with Crippen LogP contribution in [0.25, 0.3) is 0 Å². The van der Waals surface area contributed by atoms with Gasteiger partial charge in [-0.1, -0.05) is 0 Å². The average molecular weight is 323 g/mol. The number of rotatable bonds is 8. The number of carbonyl (C=O) groups excluding carboxylic acids is 1. The summed E-state index contributed by atoms with van der Waals surface area (Å²) >= 11 is 0. The summed E-state index contributed by atoms with van der Waals surface area (Å²) in [6.45, 7) is 0.696. The maximum absolute atomic E-state index is 12.7. The third-order valence-corrected chi connectivity index (χ3v) is 2.62. The van der Waals surface area contributed by atoms with Crippen molar-refractivity contribution in [1.82, 2.24) is 10.3 Å². The summed E-state index contributed by atoms with van der Waals surface area (Å²) in [6, 6.07) is 2.40. The molecule has 1 unspecified atom stereocenters. The first-order valence-corrected chi connectivity index (χ1v) is 6.51. The SMILES string of the molecule is CC(N)CCNC(=O)c1ccc(OCC(F)(F)C(F)F)nc1. The Balaban J connectivity index is 2.51. The molecule has 0 fully saturated rings.